The number of hydrogen-bond acceptors (Lipinski definition) is 9. The second-order valence-electron chi connectivity index (χ2n) is 13.7. The fraction of sp³-hybridized carbons (Fsp3) is 0.485. The number of carbonyl (C=O) groups excluding carboxylic acids is 2. The monoisotopic (exact) mass is 687 g/mol. The van der Waals surface area contributed by atoms with Gasteiger partial charge in [-0.2, -0.15) is 28.1 Å². The molecule has 3 fully saturated rings. The first-order valence-corrected chi connectivity index (χ1v) is 16.1. The van der Waals surface area contributed by atoms with E-state index in [1.807, 2.05) is 37.8 Å². The quantitative estimate of drug-likeness (QED) is 0.264. The first-order valence-electron chi connectivity index (χ1n) is 15.7. The number of ether oxygens (including phenoxy) is 2. The van der Waals surface area contributed by atoms with E-state index in [0.717, 1.165) is 31.2 Å². The van der Waals surface area contributed by atoms with E-state index in [1.165, 1.54) is 0 Å². The summed E-state index contributed by atoms with van der Waals surface area (Å²) in [7, 11) is 0. The van der Waals surface area contributed by atoms with Crippen LogP contribution in [0.4, 0.5) is 35.5 Å². The van der Waals surface area contributed by atoms with Crippen LogP contribution in [0.3, 0.4) is 0 Å². The zero-order valence-electron chi connectivity index (χ0n) is 26.9. The number of benzene rings is 2. The van der Waals surface area contributed by atoms with Gasteiger partial charge in [-0.15, -0.1) is 0 Å². The lowest BCUT2D eigenvalue weighted by atomic mass is 9.86. The molecule has 3 aliphatic rings. The Kier molecular flexibility index (Phi) is 8.81. The van der Waals surface area contributed by atoms with Crippen LogP contribution in [0.15, 0.2) is 48.5 Å². The van der Waals surface area contributed by atoms with Gasteiger partial charge in [0.2, 0.25) is 11.9 Å². The minimum absolute atomic E-state index is 0.0343. The zero-order valence-corrected chi connectivity index (χ0v) is 27.6. The maximum absolute atomic E-state index is 13.4. The fourth-order valence-corrected chi connectivity index (χ4v) is 6.27. The number of alkyl halides is 3. The lowest BCUT2D eigenvalue weighted by Crippen LogP contribution is -2.38. The van der Waals surface area contributed by atoms with Crippen LogP contribution in [0, 0.1) is 5.41 Å². The van der Waals surface area contributed by atoms with Gasteiger partial charge in [0.05, 0.1) is 5.54 Å². The van der Waals surface area contributed by atoms with Gasteiger partial charge in [-0.3, -0.25) is 4.79 Å². The van der Waals surface area contributed by atoms with Crippen LogP contribution in [0.5, 0.6) is 6.01 Å². The molecule has 3 heterocycles. The molecule has 0 radical (unpaired) electrons. The maximum Gasteiger partial charge on any atom is 0.422 e. The minimum Gasteiger partial charge on any atom is -0.454 e. The summed E-state index contributed by atoms with van der Waals surface area (Å²) in [4.78, 5) is 42.1. The highest BCUT2D eigenvalue weighted by Gasteiger charge is 2.47. The lowest BCUT2D eigenvalue weighted by Gasteiger charge is -2.27. The molecule has 2 aromatic carbocycles. The van der Waals surface area contributed by atoms with E-state index in [1.54, 1.807) is 41.3 Å². The van der Waals surface area contributed by atoms with Gasteiger partial charge < -0.3 is 29.9 Å². The molecule has 2 aliphatic heterocycles. The summed E-state index contributed by atoms with van der Waals surface area (Å²) in [5, 5.41) is 6.81. The summed E-state index contributed by atoms with van der Waals surface area (Å²) in [6.45, 7) is 6.22. The highest BCUT2D eigenvalue weighted by Crippen LogP contribution is 2.48. The number of carbonyl (C=O) groups is 2. The molecule has 1 spiro atoms. The molecule has 6 rings (SSSR count). The van der Waals surface area contributed by atoms with Crippen molar-refractivity contribution in [1.29, 1.82) is 0 Å². The van der Waals surface area contributed by atoms with Gasteiger partial charge in [-0.05, 0) is 88.4 Å². The second kappa shape index (κ2) is 12.6. The lowest BCUT2D eigenvalue weighted by molar-refractivity contribution is -0.154. The Hall–Kier alpha value is -4.33. The van der Waals surface area contributed by atoms with E-state index in [4.69, 9.17) is 21.1 Å². The predicted molar refractivity (Wildman–Crippen MR) is 172 cm³/mol. The molecule has 1 saturated carbocycles. The molecule has 1 atom stereocenters. The number of hydrogen-bond donors (Lipinski definition) is 2. The van der Waals surface area contributed by atoms with Crippen LogP contribution in [-0.4, -0.2) is 81.3 Å². The molecular formula is C33H37ClF3N7O4. The molecule has 48 heavy (non-hydrogen) atoms. The van der Waals surface area contributed by atoms with Crippen molar-refractivity contribution in [3.05, 3.63) is 64.7 Å². The van der Waals surface area contributed by atoms with Crippen molar-refractivity contribution in [1.82, 2.24) is 24.8 Å². The largest absolute Gasteiger partial charge is 0.454 e. The molecule has 2 saturated heterocycles. The van der Waals surface area contributed by atoms with Gasteiger partial charge in [0.25, 0.3) is 5.91 Å². The van der Waals surface area contributed by atoms with Crippen LogP contribution in [-0.2, 0) is 10.3 Å². The van der Waals surface area contributed by atoms with E-state index >= 15 is 0 Å². The van der Waals surface area contributed by atoms with Crippen molar-refractivity contribution < 1.29 is 32.2 Å². The van der Waals surface area contributed by atoms with E-state index in [-0.39, 0.29) is 29.3 Å². The molecule has 0 bridgehead atoms. The van der Waals surface area contributed by atoms with Crippen molar-refractivity contribution in [2.45, 2.75) is 63.8 Å². The number of anilines is 3. The number of aromatic nitrogens is 3. The molecule has 3 aromatic rings. The topological polar surface area (TPSA) is 122 Å². The second-order valence-corrected chi connectivity index (χ2v) is 14.2. The van der Waals surface area contributed by atoms with Crippen molar-refractivity contribution in [2.24, 2.45) is 5.41 Å². The fourth-order valence-electron chi connectivity index (χ4n) is 6.14. The first kappa shape index (κ1) is 33.6. The molecule has 15 heteroatoms. The Balaban J connectivity index is 1.12. The molecular weight excluding hydrogens is 651 g/mol. The number of halogens is 4. The minimum atomic E-state index is -4.58. The van der Waals surface area contributed by atoms with E-state index in [9.17, 15) is 22.8 Å². The van der Waals surface area contributed by atoms with Gasteiger partial charge >= 0.3 is 18.3 Å². The highest BCUT2D eigenvalue weighted by molar-refractivity contribution is 6.30. The smallest absolute Gasteiger partial charge is 0.422 e. The van der Waals surface area contributed by atoms with Gasteiger partial charge in [0.1, 0.15) is 5.60 Å². The molecule has 1 aromatic heterocycles. The van der Waals surface area contributed by atoms with Crippen LogP contribution < -0.4 is 15.4 Å². The van der Waals surface area contributed by atoms with Gasteiger partial charge in [0.15, 0.2) is 6.61 Å². The van der Waals surface area contributed by atoms with Crippen molar-refractivity contribution in [3.8, 4) is 6.01 Å². The van der Waals surface area contributed by atoms with Gasteiger partial charge in [0, 0.05) is 47.9 Å². The normalized spacial score (nSPS) is 20.1. The third kappa shape index (κ3) is 8.03. The Labute approximate surface area is 281 Å². The highest BCUT2D eigenvalue weighted by atomic mass is 35.5. The number of nitrogens with zero attached hydrogens (tertiary/aromatic N) is 5. The summed E-state index contributed by atoms with van der Waals surface area (Å²) < 4.78 is 49.2. The van der Waals surface area contributed by atoms with Crippen molar-refractivity contribution in [3.63, 3.8) is 0 Å². The Morgan fingerprint density at radius 2 is 1.50 bits per heavy atom. The summed E-state index contributed by atoms with van der Waals surface area (Å²) in [6.07, 6.45) is -1.79. The van der Waals surface area contributed by atoms with Crippen molar-refractivity contribution in [2.75, 3.05) is 43.4 Å². The van der Waals surface area contributed by atoms with E-state index in [2.05, 4.69) is 25.6 Å². The molecule has 1 aliphatic carbocycles. The van der Waals surface area contributed by atoms with Gasteiger partial charge in [-0.25, -0.2) is 4.79 Å². The number of amides is 2. The number of likely N-dealkylation sites (tertiary alicyclic amines) is 2. The molecule has 11 nitrogen and oxygen atoms in total. The third-order valence-electron chi connectivity index (χ3n) is 8.68. The van der Waals surface area contributed by atoms with Crippen LogP contribution in [0.2, 0.25) is 5.02 Å². The summed E-state index contributed by atoms with van der Waals surface area (Å²) >= 11 is 6.04. The average molecular weight is 688 g/mol. The molecule has 2 amide bonds. The Morgan fingerprint density at radius 3 is 2.12 bits per heavy atom. The van der Waals surface area contributed by atoms with E-state index < -0.39 is 29.9 Å². The first-order chi connectivity index (χ1) is 22.6. The Bertz CT molecular complexity index is 1660. The van der Waals surface area contributed by atoms with Crippen molar-refractivity contribution >= 4 is 41.2 Å². The SMILES string of the molecule is CC(C)(C)OC(=O)N1CCC2(CCN(C(=O)c3ccc(Nc4nc(NC5(c6ccc(Cl)cc6)CC5)nc(OCC(F)(F)F)n4)cc3)C2)C1. The van der Waals surface area contributed by atoms with Gasteiger partial charge in [-0.1, -0.05) is 23.7 Å². The predicted octanol–water partition coefficient (Wildman–Crippen LogP) is 6.78. The summed E-state index contributed by atoms with van der Waals surface area (Å²) in [5.74, 6) is -0.113. The standard InChI is InChI=1S/C33H37ClF3N7O4/c1-30(2,3)48-29(46)44-17-15-31(19-44)14-16-43(18-31)25(45)21-4-10-24(11-5-21)38-26-39-27(41-28(40-26)47-20-33(35,36)37)42-32(12-13-32)22-6-8-23(34)9-7-22/h4-11H,12-20H2,1-3H3,(H2,38,39,40,41,42). The maximum atomic E-state index is 13.4. The Morgan fingerprint density at radius 1 is 0.875 bits per heavy atom. The molecule has 256 valence electrons. The zero-order chi connectivity index (χ0) is 34.3. The average Bonchev–Trinajstić information content (AvgIpc) is 3.47. The summed E-state index contributed by atoms with van der Waals surface area (Å²) in [5.41, 5.74) is 0.701. The molecule has 1 unspecified atom stereocenters. The molecule has 2 N–H and O–H groups in total. The number of rotatable bonds is 8. The third-order valence-corrected chi connectivity index (χ3v) is 8.93. The van der Waals surface area contributed by atoms with E-state index in [0.29, 0.717) is 42.5 Å². The van der Waals surface area contributed by atoms with Crippen LogP contribution >= 0.6 is 11.6 Å². The number of nitrogens with one attached hydrogen (secondary N) is 2. The van der Waals surface area contributed by atoms with Crippen LogP contribution in [0.25, 0.3) is 0 Å². The van der Waals surface area contributed by atoms with Crippen LogP contribution in [0.1, 0.15) is 62.4 Å². The summed E-state index contributed by atoms with van der Waals surface area (Å²) in [6, 6.07) is 13.5.